The number of alkyl halides is 1. The Hall–Kier alpha value is -1.61. The number of benzene rings is 1. The van der Waals surface area contributed by atoms with Crippen LogP contribution in [0.3, 0.4) is 0 Å². The lowest BCUT2D eigenvalue weighted by Crippen LogP contribution is -2.63. The number of halogens is 1. The molecule has 1 aromatic carbocycles. The van der Waals surface area contributed by atoms with E-state index in [2.05, 4.69) is 23.0 Å². The summed E-state index contributed by atoms with van der Waals surface area (Å²) in [5.74, 6) is 5.68. The number of thiocarbonyl (C=S) groups is 1. The van der Waals surface area contributed by atoms with Gasteiger partial charge in [-0.3, -0.25) is 4.90 Å². The first-order chi connectivity index (χ1) is 13.1. The first kappa shape index (κ1) is 22.7. The van der Waals surface area contributed by atoms with Crippen molar-refractivity contribution in [1.29, 1.82) is 0 Å². The molecule has 28 heavy (non-hydrogen) atoms. The maximum Gasteiger partial charge on any atom is 0.410 e. The molecule has 1 aromatic rings. The number of carbonyl (C=O) groups is 1. The van der Waals surface area contributed by atoms with Crippen LogP contribution < -0.4 is 21.9 Å². The summed E-state index contributed by atoms with van der Waals surface area (Å²) in [7, 11) is 0. The fourth-order valence-electron chi connectivity index (χ4n) is 3.34. The van der Waals surface area contributed by atoms with Crippen LogP contribution >= 0.6 is 23.8 Å². The van der Waals surface area contributed by atoms with E-state index in [1.807, 2.05) is 43.9 Å². The van der Waals surface area contributed by atoms with Crippen molar-refractivity contribution in [3.8, 4) is 0 Å². The minimum absolute atomic E-state index is 0.299. The van der Waals surface area contributed by atoms with Crippen molar-refractivity contribution in [2.45, 2.75) is 51.1 Å². The SMILES string of the molecule is CC(C)(C)OC(=O)N1CCNC[C@]1(C)Cc1cccc(NC(=S)NN)c1CCl. The molecule has 1 atom stereocenters. The van der Waals surface area contributed by atoms with Gasteiger partial charge in [0, 0.05) is 31.2 Å². The molecular formula is C19H30ClN5O2S. The van der Waals surface area contributed by atoms with Crippen molar-refractivity contribution in [1.82, 2.24) is 15.6 Å². The quantitative estimate of drug-likeness (QED) is 0.254. The number of ether oxygens (including phenoxy) is 1. The van der Waals surface area contributed by atoms with Crippen molar-refractivity contribution < 1.29 is 9.53 Å². The van der Waals surface area contributed by atoms with Gasteiger partial charge >= 0.3 is 6.09 Å². The number of nitrogens with zero attached hydrogens (tertiary/aromatic N) is 1. The number of amides is 1. The maximum absolute atomic E-state index is 12.8. The average molecular weight is 428 g/mol. The zero-order valence-corrected chi connectivity index (χ0v) is 18.5. The van der Waals surface area contributed by atoms with Crippen molar-refractivity contribution in [3.05, 3.63) is 29.3 Å². The molecule has 0 aromatic heterocycles. The second-order valence-electron chi connectivity index (χ2n) is 8.16. The fourth-order valence-corrected chi connectivity index (χ4v) is 3.77. The molecule has 9 heteroatoms. The Morgan fingerprint density at radius 3 is 2.79 bits per heavy atom. The number of hydrogen-bond acceptors (Lipinski definition) is 5. The molecule has 1 heterocycles. The van der Waals surface area contributed by atoms with Crippen LogP contribution in [0.1, 0.15) is 38.8 Å². The van der Waals surface area contributed by atoms with Crippen LogP contribution in [0.25, 0.3) is 0 Å². The normalized spacial score (nSPS) is 19.9. The number of carbonyl (C=O) groups excluding carboxylic acids is 1. The molecule has 0 bridgehead atoms. The number of hydrogen-bond donors (Lipinski definition) is 4. The number of nitrogens with one attached hydrogen (secondary N) is 3. The van der Waals surface area contributed by atoms with Crippen molar-refractivity contribution in [2.24, 2.45) is 5.84 Å². The van der Waals surface area contributed by atoms with Gasteiger partial charge in [-0.1, -0.05) is 12.1 Å². The molecule has 1 fully saturated rings. The van der Waals surface area contributed by atoms with Crippen LogP contribution in [0.2, 0.25) is 0 Å². The van der Waals surface area contributed by atoms with E-state index in [1.54, 1.807) is 0 Å². The van der Waals surface area contributed by atoms with Crippen LogP contribution in [0.5, 0.6) is 0 Å². The Kier molecular flexibility index (Phi) is 7.50. The summed E-state index contributed by atoms with van der Waals surface area (Å²) in [6.07, 6.45) is 0.325. The van der Waals surface area contributed by atoms with E-state index in [9.17, 15) is 4.79 Å². The minimum atomic E-state index is -0.543. The van der Waals surface area contributed by atoms with E-state index in [4.69, 9.17) is 34.4 Å². The highest BCUT2D eigenvalue weighted by atomic mass is 35.5. The molecule has 0 unspecified atom stereocenters. The molecule has 1 saturated heterocycles. The Labute approximate surface area is 177 Å². The lowest BCUT2D eigenvalue weighted by atomic mass is 9.87. The highest BCUT2D eigenvalue weighted by Crippen LogP contribution is 2.30. The first-order valence-electron chi connectivity index (χ1n) is 9.25. The Bertz CT molecular complexity index is 725. The molecule has 2 rings (SSSR count). The lowest BCUT2D eigenvalue weighted by molar-refractivity contribution is -0.00681. The predicted octanol–water partition coefficient (Wildman–Crippen LogP) is 2.73. The number of rotatable bonds is 4. The average Bonchev–Trinajstić information content (AvgIpc) is 2.60. The predicted molar refractivity (Wildman–Crippen MR) is 117 cm³/mol. The summed E-state index contributed by atoms with van der Waals surface area (Å²) in [6, 6.07) is 5.86. The molecule has 0 saturated carbocycles. The van der Waals surface area contributed by atoms with E-state index in [-0.39, 0.29) is 6.09 Å². The molecule has 1 aliphatic rings. The largest absolute Gasteiger partial charge is 0.444 e. The standard InChI is InChI=1S/C19H30ClN5O2S/c1-18(2,3)27-17(26)25-9-8-22-12-19(25,4)10-13-6-5-7-15(14(13)11-20)23-16(28)24-21/h5-7,22H,8-12,21H2,1-4H3,(H2,23,24,28)/t19-/m0/s1. The van der Waals surface area contributed by atoms with Crippen LogP contribution in [-0.2, 0) is 17.0 Å². The zero-order valence-electron chi connectivity index (χ0n) is 16.9. The van der Waals surface area contributed by atoms with Crippen molar-refractivity contribution >= 4 is 40.7 Å². The highest BCUT2D eigenvalue weighted by Gasteiger charge is 2.40. The van der Waals surface area contributed by atoms with Gasteiger partial charge in [0.2, 0.25) is 0 Å². The molecule has 1 amide bonds. The topological polar surface area (TPSA) is 91.6 Å². The summed E-state index contributed by atoms with van der Waals surface area (Å²) in [4.78, 5) is 14.6. The Balaban J connectivity index is 2.31. The third-order valence-electron chi connectivity index (χ3n) is 4.64. The third-order valence-corrected chi connectivity index (χ3v) is 5.13. The first-order valence-corrected chi connectivity index (χ1v) is 10.2. The molecule has 156 valence electrons. The number of piperazine rings is 1. The van der Waals surface area contributed by atoms with Crippen LogP contribution in [0.4, 0.5) is 10.5 Å². The number of nitrogens with two attached hydrogens (primary N) is 1. The van der Waals surface area contributed by atoms with Gasteiger partial charge in [-0.25, -0.2) is 10.6 Å². The van der Waals surface area contributed by atoms with Gasteiger partial charge in [0.15, 0.2) is 5.11 Å². The Morgan fingerprint density at radius 2 is 2.18 bits per heavy atom. The molecule has 0 radical (unpaired) electrons. The minimum Gasteiger partial charge on any atom is -0.444 e. The monoisotopic (exact) mass is 427 g/mol. The second-order valence-corrected chi connectivity index (χ2v) is 8.83. The Morgan fingerprint density at radius 1 is 1.46 bits per heavy atom. The molecular weight excluding hydrogens is 398 g/mol. The van der Waals surface area contributed by atoms with E-state index in [0.29, 0.717) is 30.5 Å². The van der Waals surface area contributed by atoms with Crippen LogP contribution in [0, 0.1) is 0 Å². The van der Waals surface area contributed by atoms with E-state index in [1.165, 1.54) is 0 Å². The fraction of sp³-hybridized carbons (Fsp3) is 0.579. The van der Waals surface area contributed by atoms with Gasteiger partial charge in [-0.15, -0.1) is 11.6 Å². The highest BCUT2D eigenvalue weighted by molar-refractivity contribution is 7.80. The van der Waals surface area contributed by atoms with Gasteiger partial charge in [-0.2, -0.15) is 0 Å². The number of anilines is 1. The van der Waals surface area contributed by atoms with Gasteiger partial charge in [0.05, 0.1) is 5.54 Å². The van der Waals surface area contributed by atoms with Crippen LogP contribution in [-0.4, -0.2) is 46.9 Å². The molecule has 7 nitrogen and oxygen atoms in total. The molecule has 5 N–H and O–H groups in total. The zero-order chi connectivity index (χ0) is 20.9. The van der Waals surface area contributed by atoms with Gasteiger partial charge in [-0.05, 0) is 63.5 Å². The van der Waals surface area contributed by atoms with E-state index >= 15 is 0 Å². The third kappa shape index (κ3) is 5.70. The van der Waals surface area contributed by atoms with Gasteiger partial charge in [0.1, 0.15) is 5.60 Å². The lowest BCUT2D eigenvalue weighted by Gasteiger charge is -2.45. The maximum atomic E-state index is 12.8. The second kappa shape index (κ2) is 9.26. The van der Waals surface area contributed by atoms with Crippen LogP contribution in [0.15, 0.2) is 18.2 Å². The van der Waals surface area contributed by atoms with E-state index < -0.39 is 11.1 Å². The van der Waals surface area contributed by atoms with Crippen molar-refractivity contribution in [2.75, 3.05) is 25.0 Å². The summed E-state index contributed by atoms with van der Waals surface area (Å²) in [6.45, 7) is 9.66. The molecule has 0 spiro atoms. The van der Waals surface area contributed by atoms with E-state index in [0.717, 1.165) is 23.4 Å². The summed E-state index contributed by atoms with van der Waals surface area (Å²) >= 11 is 11.4. The van der Waals surface area contributed by atoms with Crippen molar-refractivity contribution in [3.63, 3.8) is 0 Å². The number of hydrazine groups is 1. The summed E-state index contributed by atoms with van der Waals surface area (Å²) < 4.78 is 5.64. The summed E-state index contributed by atoms with van der Waals surface area (Å²) in [5.41, 5.74) is 4.19. The summed E-state index contributed by atoms with van der Waals surface area (Å²) in [5, 5.41) is 6.76. The molecule has 0 aliphatic carbocycles. The van der Waals surface area contributed by atoms with Gasteiger partial charge in [0.25, 0.3) is 0 Å². The van der Waals surface area contributed by atoms with Gasteiger partial charge < -0.3 is 20.8 Å². The molecule has 1 aliphatic heterocycles. The smallest absolute Gasteiger partial charge is 0.410 e.